The van der Waals surface area contributed by atoms with Crippen molar-refractivity contribution in [3.63, 3.8) is 0 Å². The van der Waals surface area contributed by atoms with E-state index in [9.17, 15) is 4.79 Å². The van der Waals surface area contributed by atoms with E-state index >= 15 is 0 Å². The molecule has 0 unspecified atom stereocenters. The van der Waals surface area contributed by atoms with Crippen molar-refractivity contribution >= 4 is 21.6 Å². The highest BCUT2D eigenvalue weighted by Crippen LogP contribution is 2.36. The van der Waals surface area contributed by atoms with Gasteiger partial charge in [-0.3, -0.25) is 9.36 Å². The van der Waals surface area contributed by atoms with E-state index in [1.54, 1.807) is 0 Å². The number of aromatic nitrogens is 2. The number of fused-ring (bicyclic) bond motifs is 1. The molecular weight excluding hydrogens is 310 g/mol. The molecule has 5 nitrogen and oxygen atoms in total. The molecule has 0 atom stereocenters. The fourth-order valence-electron chi connectivity index (χ4n) is 2.56. The number of benzene rings is 1. The van der Waals surface area contributed by atoms with Gasteiger partial charge < -0.3 is 4.74 Å². The number of thiophene rings is 1. The predicted molar refractivity (Wildman–Crippen MR) is 90.8 cm³/mol. The van der Waals surface area contributed by atoms with E-state index in [2.05, 4.69) is 4.98 Å². The van der Waals surface area contributed by atoms with E-state index in [0.717, 1.165) is 21.8 Å². The Morgan fingerprint density at radius 3 is 2.74 bits per heavy atom. The van der Waals surface area contributed by atoms with Crippen LogP contribution in [-0.4, -0.2) is 16.2 Å². The molecule has 0 aliphatic carbocycles. The lowest BCUT2D eigenvalue weighted by Gasteiger charge is -2.06. The van der Waals surface area contributed by atoms with Crippen molar-refractivity contribution < 1.29 is 4.74 Å². The molecule has 0 saturated heterocycles. The molecule has 0 aliphatic rings. The van der Waals surface area contributed by atoms with Gasteiger partial charge in [0.2, 0.25) is 0 Å². The van der Waals surface area contributed by atoms with Crippen molar-refractivity contribution in [1.29, 1.82) is 5.26 Å². The first-order chi connectivity index (χ1) is 11.2. The topological polar surface area (TPSA) is 67.9 Å². The first kappa shape index (κ1) is 15.3. The summed E-state index contributed by atoms with van der Waals surface area (Å²) in [6, 6.07) is 9.67. The fraction of sp³-hybridized carbons (Fsp3) is 0.235. The van der Waals surface area contributed by atoms with E-state index in [0.29, 0.717) is 16.8 Å². The van der Waals surface area contributed by atoms with Crippen molar-refractivity contribution in [2.24, 2.45) is 0 Å². The highest BCUT2D eigenvalue weighted by molar-refractivity contribution is 7.19. The molecule has 3 aromatic rings. The Bertz CT molecular complexity index is 949. The maximum atomic E-state index is 12.6. The number of hydrogen-bond donors (Lipinski definition) is 0. The molecule has 6 heteroatoms. The van der Waals surface area contributed by atoms with Crippen LogP contribution in [0.25, 0.3) is 21.3 Å². The Morgan fingerprint density at radius 1 is 1.35 bits per heavy atom. The Hall–Kier alpha value is -2.65. The van der Waals surface area contributed by atoms with Crippen LogP contribution in [-0.2, 0) is 6.54 Å². The smallest absolute Gasteiger partial charge is 0.263 e. The normalized spacial score (nSPS) is 10.7. The minimum Gasteiger partial charge on any atom is -0.494 e. The second-order valence-electron chi connectivity index (χ2n) is 5.01. The number of hydrogen-bond acceptors (Lipinski definition) is 5. The van der Waals surface area contributed by atoms with Crippen molar-refractivity contribution in [2.45, 2.75) is 20.4 Å². The van der Waals surface area contributed by atoms with Crippen LogP contribution in [0.1, 0.15) is 11.8 Å². The average molecular weight is 325 g/mol. The molecule has 23 heavy (non-hydrogen) atoms. The van der Waals surface area contributed by atoms with Gasteiger partial charge >= 0.3 is 0 Å². The average Bonchev–Trinajstić information content (AvgIpc) is 2.88. The van der Waals surface area contributed by atoms with E-state index in [4.69, 9.17) is 10.00 Å². The van der Waals surface area contributed by atoms with Crippen LogP contribution in [0.15, 0.2) is 35.4 Å². The number of aryl methyl sites for hydroxylation is 1. The Kier molecular flexibility index (Phi) is 4.13. The molecule has 0 N–H and O–H groups in total. The molecule has 3 rings (SSSR count). The molecule has 2 aromatic heterocycles. The summed E-state index contributed by atoms with van der Waals surface area (Å²) in [5.74, 6) is 0.799. The lowest BCUT2D eigenvalue weighted by molar-refractivity contribution is 0.340. The summed E-state index contributed by atoms with van der Waals surface area (Å²) >= 11 is 1.49. The van der Waals surface area contributed by atoms with Crippen molar-refractivity contribution in [3.8, 4) is 22.9 Å². The number of nitriles is 1. The Morgan fingerprint density at radius 2 is 2.09 bits per heavy atom. The van der Waals surface area contributed by atoms with Crippen LogP contribution in [0.2, 0.25) is 0 Å². The summed E-state index contributed by atoms with van der Waals surface area (Å²) in [5, 5.41) is 9.42. The molecular formula is C17H15N3O2S. The first-order valence-corrected chi connectivity index (χ1v) is 8.06. The van der Waals surface area contributed by atoms with E-state index in [1.165, 1.54) is 22.2 Å². The van der Waals surface area contributed by atoms with Gasteiger partial charge in [0.15, 0.2) is 0 Å². The zero-order chi connectivity index (χ0) is 16.4. The number of nitrogens with zero attached hydrogens (tertiary/aromatic N) is 3. The van der Waals surface area contributed by atoms with Gasteiger partial charge in [0.1, 0.15) is 23.5 Å². The van der Waals surface area contributed by atoms with Gasteiger partial charge in [0.05, 0.1) is 18.1 Å². The minimum atomic E-state index is -0.176. The van der Waals surface area contributed by atoms with Gasteiger partial charge in [-0.15, -0.1) is 11.3 Å². The summed E-state index contributed by atoms with van der Waals surface area (Å²) in [5.41, 5.74) is 1.66. The molecule has 0 bridgehead atoms. The molecule has 116 valence electrons. The third-order valence-electron chi connectivity index (χ3n) is 3.55. The summed E-state index contributed by atoms with van der Waals surface area (Å²) in [6.07, 6.45) is 1.44. The first-order valence-electron chi connectivity index (χ1n) is 7.24. The van der Waals surface area contributed by atoms with Crippen LogP contribution in [0.5, 0.6) is 5.75 Å². The quantitative estimate of drug-likeness (QED) is 0.737. The molecule has 0 amide bonds. The lowest BCUT2D eigenvalue weighted by atomic mass is 10.0. The van der Waals surface area contributed by atoms with Gasteiger partial charge in [-0.1, -0.05) is 12.1 Å². The SMILES string of the molecule is CCOc1ccc(-c2c(C)sc3ncn(CC#N)c(=O)c23)cc1. The molecule has 0 spiro atoms. The third kappa shape index (κ3) is 2.71. The second-order valence-corrected chi connectivity index (χ2v) is 6.21. The highest BCUT2D eigenvalue weighted by atomic mass is 32.1. The zero-order valence-electron chi connectivity index (χ0n) is 12.9. The molecule has 2 heterocycles. The third-order valence-corrected chi connectivity index (χ3v) is 4.56. The standard InChI is InChI=1S/C17H15N3O2S/c1-3-22-13-6-4-12(5-7-13)14-11(2)23-16-15(14)17(21)20(9-8-18)10-19-16/h4-7,10H,3,9H2,1-2H3. The van der Waals surface area contributed by atoms with Crippen LogP contribution in [0, 0.1) is 18.3 Å². The molecule has 0 radical (unpaired) electrons. The molecule has 1 aromatic carbocycles. The van der Waals surface area contributed by atoms with Crippen molar-refractivity contribution in [3.05, 3.63) is 45.8 Å². The largest absolute Gasteiger partial charge is 0.494 e. The monoisotopic (exact) mass is 325 g/mol. The lowest BCUT2D eigenvalue weighted by Crippen LogP contribution is -2.19. The molecule has 0 aliphatic heterocycles. The highest BCUT2D eigenvalue weighted by Gasteiger charge is 2.16. The summed E-state index contributed by atoms with van der Waals surface area (Å²) in [7, 11) is 0. The number of rotatable bonds is 4. The molecule has 0 saturated carbocycles. The summed E-state index contributed by atoms with van der Waals surface area (Å²) in [4.78, 5) is 18.7. The molecule has 0 fully saturated rings. The van der Waals surface area contributed by atoms with Crippen LogP contribution in [0.4, 0.5) is 0 Å². The summed E-state index contributed by atoms with van der Waals surface area (Å²) < 4.78 is 6.80. The van der Waals surface area contributed by atoms with Gasteiger partial charge in [-0.25, -0.2) is 4.98 Å². The van der Waals surface area contributed by atoms with Gasteiger partial charge in [-0.2, -0.15) is 5.26 Å². The van der Waals surface area contributed by atoms with Crippen LogP contribution in [0.3, 0.4) is 0 Å². The van der Waals surface area contributed by atoms with E-state index in [1.807, 2.05) is 44.2 Å². The predicted octanol–water partition coefficient (Wildman–Crippen LogP) is 3.36. The number of ether oxygens (including phenoxy) is 1. The van der Waals surface area contributed by atoms with Gasteiger partial charge in [-0.05, 0) is 31.5 Å². The Balaban J connectivity index is 2.20. The maximum Gasteiger partial charge on any atom is 0.263 e. The van der Waals surface area contributed by atoms with Gasteiger partial charge in [0.25, 0.3) is 5.56 Å². The van der Waals surface area contributed by atoms with Crippen LogP contribution >= 0.6 is 11.3 Å². The van der Waals surface area contributed by atoms with E-state index in [-0.39, 0.29) is 12.1 Å². The second kappa shape index (κ2) is 6.23. The van der Waals surface area contributed by atoms with Crippen LogP contribution < -0.4 is 10.3 Å². The minimum absolute atomic E-state index is 0.000610. The van der Waals surface area contributed by atoms with E-state index < -0.39 is 0 Å². The Labute approximate surface area is 137 Å². The maximum absolute atomic E-state index is 12.6. The van der Waals surface area contributed by atoms with Crippen molar-refractivity contribution in [1.82, 2.24) is 9.55 Å². The van der Waals surface area contributed by atoms with Crippen molar-refractivity contribution in [2.75, 3.05) is 6.61 Å². The zero-order valence-corrected chi connectivity index (χ0v) is 13.7. The fourth-order valence-corrected chi connectivity index (χ4v) is 3.56. The summed E-state index contributed by atoms with van der Waals surface area (Å²) in [6.45, 7) is 4.53. The van der Waals surface area contributed by atoms with Gasteiger partial charge in [0, 0.05) is 10.4 Å².